The average Bonchev–Trinajstić information content (AvgIpc) is 3.30. The summed E-state index contributed by atoms with van der Waals surface area (Å²) in [6.07, 6.45) is 5.74. The van der Waals surface area contributed by atoms with Gasteiger partial charge < -0.3 is 9.42 Å². The average molecular weight is 318 g/mol. The molecule has 4 rings (SSSR count). The topological polar surface area (TPSA) is 42.2 Å². The van der Waals surface area contributed by atoms with Crippen molar-refractivity contribution in [2.45, 2.75) is 44.1 Å². The zero-order valence-corrected chi connectivity index (χ0v) is 13.3. The molecule has 0 unspecified atom stereocenters. The molecule has 2 fully saturated rings. The quantitative estimate of drug-likeness (QED) is 0.863. The maximum atomic E-state index is 5.90. The number of nitrogens with zero attached hydrogens (tertiary/aromatic N) is 3. The Balaban J connectivity index is 1.37. The van der Waals surface area contributed by atoms with Crippen molar-refractivity contribution >= 4 is 11.6 Å². The molecule has 0 N–H and O–H groups in total. The predicted molar refractivity (Wildman–Crippen MR) is 85.1 cm³/mol. The van der Waals surface area contributed by atoms with Gasteiger partial charge in [-0.25, -0.2) is 0 Å². The summed E-state index contributed by atoms with van der Waals surface area (Å²) in [6, 6.07) is 8.67. The first-order valence-electron chi connectivity index (χ1n) is 8.09. The second-order valence-corrected chi connectivity index (χ2v) is 6.83. The Morgan fingerprint density at radius 2 is 1.82 bits per heavy atom. The van der Waals surface area contributed by atoms with Gasteiger partial charge in [-0.15, -0.1) is 0 Å². The lowest BCUT2D eigenvalue weighted by Crippen LogP contribution is -2.34. The van der Waals surface area contributed by atoms with E-state index in [1.165, 1.54) is 25.9 Å². The third-order valence-corrected chi connectivity index (χ3v) is 4.95. The highest BCUT2D eigenvalue weighted by Gasteiger charge is 2.33. The van der Waals surface area contributed by atoms with Gasteiger partial charge in [-0.1, -0.05) is 28.9 Å². The van der Waals surface area contributed by atoms with Crippen molar-refractivity contribution in [2.75, 3.05) is 13.1 Å². The van der Waals surface area contributed by atoms with Crippen molar-refractivity contribution in [1.29, 1.82) is 0 Å². The summed E-state index contributed by atoms with van der Waals surface area (Å²) < 4.78 is 5.51. The van der Waals surface area contributed by atoms with E-state index in [1.54, 1.807) is 0 Å². The molecule has 1 aromatic heterocycles. The minimum atomic E-state index is 0.432. The van der Waals surface area contributed by atoms with Crippen LogP contribution in [-0.2, 0) is 6.42 Å². The summed E-state index contributed by atoms with van der Waals surface area (Å²) in [4.78, 5) is 7.22. The molecule has 1 saturated heterocycles. The summed E-state index contributed by atoms with van der Waals surface area (Å²) in [5.41, 5.74) is 1.15. The minimum absolute atomic E-state index is 0.432. The first-order valence-corrected chi connectivity index (χ1v) is 8.47. The molecule has 1 aliphatic heterocycles. The molecule has 5 heteroatoms. The largest absolute Gasteiger partial charge is 0.339 e. The lowest BCUT2D eigenvalue weighted by atomic mass is 9.96. The Hall–Kier alpha value is -1.39. The Morgan fingerprint density at radius 1 is 1.09 bits per heavy atom. The van der Waals surface area contributed by atoms with E-state index in [0.717, 1.165) is 41.2 Å². The standard InChI is InChI=1S/C17H20ClN3O/c18-14-3-1-12(2-4-14)11-16-19-17(22-20-16)13-7-9-21(10-8-13)15-5-6-15/h1-4,13,15H,5-11H2. The van der Waals surface area contributed by atoms with Crippen LogP contribution in [0.4, 0.5) is 0 Å². The van der Waals surface area contributed by atoms with Crippen LogP contribution in [0, 0.1) is 0 Å². The first kappa shape index (κ1) is 14.2. The Labute approximate surface area is 135 Å². The molecule has 0 radical (unpaired) electrons. The van der Waals surface area contributed by atoms with Gasteiger partial charge in [0, 0.05) is 23.4 Å². The van der Waals surface area contributed by atoms with E-state index < -0.39 is 0 Å². The number of likely N-dealkylation sites (tertiary alicyclic amines) is 1. The van der Waals surface area contributed by atoms with Crippen LogP contribution in [0.15, 0.2) is 28.8 Å². The molecule has 0 bridgehead atoms. The van der Waals surface area contributed by atoms with Crippen LogP contribution >= 0.6 is 11.6 Å². The number of hydrogen-bond acceptors (Lipinski definition) is 4. The van der Waals surface area contributed by atoms with E-state index in [1.807, 2.05) is 24.3 Å². The van der Waals surface area contributed by atoms with Crippen LogP contribution in [0.5, 0.6) is 0 Å². The Bertz CT molecular complexity index is 628. The molecule has 4 nitrogen and oxygen atoms in total. The Kier molecular flexibility index (Phi) is 3.89. The number of benzene rings is 1. The number of halogens is 1. The lowest BCUT2D eigenvalue weighted by molar-refractivity contribution is 0.186. The maximum Gasteiger partial charge on any atom is 0.229 e. The number of rotatable bonds is 4. The van der Waals surface area contributed by atoms with E-state index >= 15 is 0 Å². The van der Waals surface area contributed by atoms with Crippen molar-refractivity contribution in [3.05, 3.63) is 46.6 Å². The SMILES string of the molecule is Clc1ccc(Cc2noc(C3CCN(C4CC4)CC3)n2)cc1. The van der Waals surface area contributed by atoms with Gasteiger partial charge >= 0.3 is 0 Å². The molecule has 1 aliphatic carbocycles. The molecule has 22 heavy (non-hydrogen) atoms. The third-order valence-electron chi connectivity index (χ3n) is 4.70. The van der Waals surface area contributed by atoms with E-state index in [2.05, 4.69) is 15.0 Å². The molecular formula is C17H20ClN3O. The Morgan fingerprint density at radius 3 is 2.50 bits per heavy atom. The fourth-order valence-electron chi connectivity index (χ4n) is 3.24. The molecule has 0 atom stereocenters. The van der Waals surface area contributed by atoms with Crippen molar-refractivity contribution in [1.82, 2.24) is 15.0 Å². The molecule has 2 aliphatic rings. The third kappa shape index (κ3) is 3.18. The molecule has 1 aromatic carbocycles. The van der Waals surface area contributed by atoms with E-state index in [9.17, 15) is 0 Å². The molecule has 0 amide bonds. The second kappa shape index (κ2) is 6.01. The fraction of sp³-hybridized carbons (Fsp3) is 0.529. The van der Waals surface area contributed by atoms with Gasteiger partial charge in [0.2, 0.25) is 5.89 Å². The van der Waals surface area contributed by atoms with Crippen LogP contribution < -0.4 is 0 Å². The van der Waals surface area contributed by atoms with Crippen molar-refractivity contribution in [2.24, 2.45) is 0 Å². The summed E-state index contributed by atoms with van der Waals surface area (Å²) >= 11 is 5.90. The van der Waals surface area contributed by atoms with Crippen LogP contribution in [0.25, 0.3) is 0 Å². The number of hydrogen-bond donors (Lipinski definition) is 0. The lowest BCUT2D eigenvalue weighted by Gasteiger charge is -2.30. The van der Waals surface area contributed by atoms with Gasteiger partial charge in [0.25, 0.3) is 0 Å². The highest BCUT2D eigenvalue weighted by atomic mass is 35.5. The van der Waals surface area contributed by atoms with Crippen LogP contribution in [0.3, 0.4) is 0 Å². The van der Waals surface area contributed by atoms with Crippen molar-refractivity contribution in [3.8, 4) is 0 Å². The van der Waals surface area contributed by atoms with Gasteiger partial charge in [-0.3, -0.25) is 0 Å². The van der Waals surface area contributed by atoms with Gasteiger partial charge in [0.05, 0.1) is 0 Å². The molecule has 2 heterocycles. The van der Waals surface area contributed by atoms with Crippen molar-refractivity contribution < 1.29 is 4.52 Å². The summed E-state index contributed by atoms with van der Waals surface area (Å²) in [7, 11) is 0. The van der Waals surface area contributed by atoms with E-state index in [-0.39, 0.29) is 0 Å². The summed E-state index contributed by atoms with van der Waals surface area (Å²) in [6.45, 7) is 2.34. The van der Waals surface area contributed by atoms with E-state index in [4.69, 9.17) is 16.1 Å². The zero-order chi connectivity index (χ0) is 14.9. The molecule has 116 valence electrons. The highest BCUT2D eigenvalue weighted by Crippen LogP contribution is 2.34. The second-order valence-electron chi connectivity index (χ2n) is 6.39. The van der Waals surface area contributed by atoms with Gasteiger partial charge in [0.15, 0.2) is 5.82 Å². The molecule has 2 aromatic rings. The maximum absolute atomic E-state index is 5.90. The molecule has 0 spiro atoms. The zero-order valence-electron chi connectivity index (χ0n) is 12.5. The number of aromatic nitrogens is 2. The smallest absolute Gasteiger partial charge is 0.229 e. The molecular weight excluding hydrogens is 298 g/mol. The predicted octanol–water partition coefficient (Wildman–Crippen LogP) is 3.66. The highest BCUT2D eigenvalue weighted by molar-refractivity contribution is 6.30. The monoisotopic (exact) mass is 317 g/mol. The van der Waals surface area contributed by atoms with Crippen molar-refractivity contribution in [3.63, 3.8) is 0 Å². The van der Waals surface area contributed by atoms with E-state index in [0.29, 0.717) is 12.3 Å². The van der Waals surface area contributed by atoms with Gasteiger partial charge in [-0.05, 0) is 56.5 Å². The first-order chi connectivity index (χ1) is 10.8. The van der Waals surface area contributed by atoms with Gasteiger partial charge in [-0.2, -0.15) is 4.98 Å². The summed E-state index contributed by atoms with van der Waals surface area (Å²) in [5, 5.41) is 4.89. The number of piperidine rings is 1. The normalized spacial score (nSPS) is 20.4. The molecule has 1 saturated carbocycles. The van der Waals surface area contributed by atoms with Crippen LogP contribution in [0.2, 0.25) is 5.02 Å². The summed E-state index contributed by atoms with van der Waals surface area (Å²) in [5.74, 6) is 2.02. The van der Waals surface area contributed by atoms with Crippen LogP contribution in [0.1, 0.15) is 48.9 Å². The van der Waals surface area contributed by atoms with Crippen LogP contribution in [-0.4, -0.2) is 34.2 Å². The fourth-order valence-corrected chi connectivity index (χ4v) is 3.37. The minimum Gasteiger partial charge on any atom is -0.339 e. The van der Waals surface area contributed by atoms with Gasteiger partial charge in [0.1, 0.15) is 0 Å².